The zero-order chi connectivity index (χ0) is 12.4. The van der Waals surface area contributed by atoms with Crippen molar-refractivity contribution >= 4 is 16.7 Å². The van der Waals surface area contributed by atoms with Crippen LogP contribution >= 0.6 is 0 Å². The summed E-state index contributed by atoms with van der Waals surface area (Å²) >= 11 is 0. The molecule has 0 bridgehead atoms. The van der Waals surface area contributed by atoms with Gasteiger partial charge in [-0.3, -0.25) is 0 Å². The minimum atomic E-state index is -0.459. The van der Waals surface area contributed by atoms with Crippen LogP contribution in [-0.2, 0) is 0 Å². The van der Waals surface area contributed by atoms with Gasteiger partial charge in [0.15, 0.2) is 0 Å². The number of aryl methyl sites for hydroxylation is 1. The van der Waals surface area contributed by atoms with Crippen LogP contribution < -0.4 is 16.1 Å². The molecule has 2 rings (SSSR count). The predicted molar refractivity (Wildman–Crippen MR) is 67.3 cm³/mol. The summed E-state index contributed by atoms with van der Waals surface area (Å²) in [6, 6.07) is 4.85. The molecular formula is C13H13NO3. The largest absolute Gasteiger partial charge is 0.489 e. The van der Waals surface area contributed by atoms with Crippen molar-refractivity contribution in [1.29, 1.82) is 0 Å². The van der Waals surface area contributed by atoms with Gasteiger partial charge in [0, 0.05) is 22.7 Å². The monoisotopic (exact) mass is 231 g/mol. The molecule has 0 aliphatic heterocycles. The second-order valence-electron chi connectivity index (χ2n) is 3.69. The van der Waals surface area contributed by atoms with Gasteiger partial charge in [0.05, 0.1) is 0 Å². The maximum atomic E-state index is 11.3. The van der Waals surface area contributed by atoms with E-state index in [2.05, 4.69) is 6.58 Å². The minimum Gasteiger partial charge on any atom is -0.489 e. The lowest BCUT2D eigenvalue weighted by Crippen LogP contribution is -2.02. The number of nitrogen functional groups attached to an aromatic ring is 1. The number of hydrogen-bond donors (Lipinski definition) is 1. The van der Waals surface area contributed by atoms with Gasteiger partial charge in [-0.25, -0.2) is 4.79 Å². The van der Waals surface area contributed by atoms with Crippen molar-refractivity contribution in [1.82, 2.24) is 0 Å². The first kappa shape index (κ1) is 11.3. The van der Waals surface area contributed by atoms with E-state index in [1.54, 1.807) is 18.2 Å². The van der Waals surface area contributed by atoms with Gasteiger partial charge in [0.1, 0.15) is 17.9 Å². The fraction of sp³-hybridized carbons (Fsp3) is 0.154. The molecule has 2 N–H and O–H groups in total. The summed E-state index contributed by atoms with van der Waals surface area (Å²) in [4.78, 5) is 11.3. The van der Waals surface area contributed by atoms with Crippen LogP contribution in [0, 0.1) is 6.92 Å². The molecule has 0 atom stereocenters. The lowest BCUT2D eigenvalue weighted by atomic mass is 10.1. The first-order chi connectivity index (χ1) is 8.13. The fourth-order valence-corrected chi connectivity index (χ4v) is 1.67. The first-order valence-corrected chi connectivity index (χ1v) is 5.20. The van der Waals surface area contributed by atoms with E-state index in [-0.39, 0.29) is 0 Å². The molecule has 4 heteroatoms. The second kappa shape index (κ2) is 4.33. The Labute approximate surface area is 98.3 Å². The summed E-state index contributed by atoms with van der Waals surface area (Å²) in [5.41, 5.74) is 6.94. The van der Waals surface area contributed by atoms with Gasteiger partial charge < -0.3 is 14.9 Å². The van der Waals surface area contributed by atoms with Gasteiger partial charge in [-0.1, -0.05) is 12.7 Å². The molecule has 88 valence electrons. The Balaban J connectivity index is 2.66. The molecule has 0 aliphatic carbocycles. The average Bonchev–Trinajstić information content (AvgIpc) is 2.29. The highest BCUT2D eigenvalue weighted by Gasteiger charge is 2.09. The van der Waals surface area contributed by atoms with Crippen LogP contribution in [0.5, 0.6) is 5.75 Å². The smallest absolute Gasteiger partial charge is 0.338 e. The number of fused-ring (bicyclic) bond motifs is 1. The number of rotatable bonds is 3. The Hall–Kier alpha value is -2.23. The Morgan fingerprint density at radius 3 is 3.00 bits per heavy atom. The minimum absolute atomic E-state index is 0.402. The molecule has 0 spiro atoms. The SMILES string of the molecule is C=CCOc1ccc2c(N)cc(=O)oc2c1C. The quantitative estimate of drug-likeness (QED) is 0.650. The zero-order valence-electron chi connectivity index (χ0n) is 9.53. The van der Waals surface area contributed by atoms with Gasteiger partial charge in [0.25, 0.3) is 0 Å². The molecule has 0 saturated heterocycles. The summed E-state index contributed by atoms with van der Waals surface area (Å²) < 4.78 is 10.6. The highest BCUT2D eigenvalue weighted by molar-refractivity contribution is 5.91. The summed E-state index contributed by atoms with van der Waals surface area (Å²) in [6.45, 7) is 5.80. The number of ether oxygens (including phenoxy) is 1. The van der Waals surface area contributed by atoms with E-state index in [0.717, 1.165) is 5.56 Å². The molecule has 1 aromatic carbocycles. The molecule has 4 nitrogen and oxygen atoms in total. The molecule has 0 unspecified atom stereocenters. The third-order valence-corrected chi connectivity index (χ3v) is 2.50. The van der Waals surface area contributed by atoms with Crippen molar-refractivity contribution in [2.24, 2.45) is 0 Å². The van der Waals surface area contributed by atoms with Crippen molar-refractivity contribution in [3.63, 3.8) is 0 Å². The van der Waals surface area contributed by atoms with E-state index in [9.17, 15) is 4.79 Å². The van der Waals surface area contributed by atoms with Gasteiger partial charge in [-0.15, -0.1) is 0 Å². The van der Waals surface area contributed by atoms with E-state index < -0.39 is 5.63 Å². The van der Waals surface area contributed by atoms with Crippen LogP contribution in [-0.4, -0.2) is 6.61 Å². The van der Waals surface area contributed by atoms with E-state index in [4.69, 9.17) is 14.9 Å². The van der Waals surface area contributed by atoms with Crippen molar-refractivity contribution in [2.45, 2.75) is 6.92 Å². The van der Waals surface area contributed by atoms with Crippen LogP contribution in [0.1, 0.15) is 5.56 Å². The van der Waals surface area contributed by atoms with Crippen LogP contribution in [0.3, 0.4) is 0 Å². The summed E-state index contributed by atoms with van der Waals surface area (Å²) in [6.07, 6.45) is 1.65. The topological polar surface area (TPSA) is 65.5 Å². The Bertz CT molecular complexity index is 628. The molecule has 17 heavy (non-hydrogen) atoms. The standard InChI is InChI=1S/C13H13NO3/c1-3-6-16-11-5-4-9-10(14)7-12(15)17-13(9)8(11)2/h3-5,7H,1,6,14H2,2H3. The Morgan fingerprint density at radius 1 is 1.53 bits per heavy atom. The van der Waals surface area contributed by atoms with Crippen LogP contribution in [0.4, 0.5) is 5.69 Å². The third kappa shape index (κ3) is 2.01. The normalized spacial score (nSPS) is 10.4. The number of hydrogen-bond acceptors (Lipinski definition) is 4. The number of anilines is 1. The van der Waals surface area contributed by atoms with Crippen molar-refractivity contribution < 1.29 is 9.15 Å². The molecule has 0 saturated carbocycles. The second-order valence-corrected chi connectivity index (χ2v) is 3.69. The van der Waals surface area contributed by atoms with E-state index in [1.807, 2.05) is 6.92 Å². The van der Waals surface area contributed by atoms with Crippen LogP contribution in [0.25, 0.3) is 11.0 Å². The van der Waals surface area contributed by atoms with Crippen molar-refractivity contribution in [3.8, 4) is 5.75 Å². The van der Waals surface area contributed by atoms with E-state index >= 15 is 0 Å². The molecule has 1 heterocycles. The lowest BCUT2D eigenvalue weighted by molar-refractivity contribution is 0.360. The molecule has 1 aromatic heterocycles. The predicted octanol–water partition coefficient (Wildman–Crippen LogP) is 2.25. The maximum Gasteiger partial charge on any atom is 0.338 e. The van der Waals surface area contributed by atoms with Crippen molar-refractivity contribution in [2.75, 3.05) is 12.3 Å². The van der Waals surface area contributed by atoms with Crippen molar-refractivity contribution in [3.05, 3.63) is 46.8 Å². The Morgan fingerprint density at radius 2 is 2.29 bits per heavy atom. The van der Waals surface area contributed by atoms with Gasteiger partial charge >= 0.3 is 5.63 Å². The molecule has 0 amide bonds. The maximum absolute atomic E-state index is 11.3. The molecule has 0 fully saturated rings. The van der Waals surface area contributed by atoms with Gasteiger partial charge in [0.2, 0.25) is 0 Å². The number of benzene rings is 1. The van der Waals surface area contributed by atoms with Gasteiger partial charge in [-0.2, -0.15) is 0 Å². The number of nitrogens with two attached hydrogens (primary N) is 1. The lowest BCUT2D eigenvalue weighted by Gasteiger charge is -2.09. The van der Waals surface area contributed by atoms with Crippen LogP contribution in [0.15, 0.2) is 40.1 Å². The Kier molecular flexibility index (Phi) is 2.87. The van der Waals surface area contributed by atoms with Gasteiger partial charge in [-0.05, 0) is 19.1 Å². The molecule has 2 aromatic rings. The highest BCUT2D eigenvalue weighted by atomic mass is 16.5. The zero-order valence-corrected chi connectivity index (χ0v) is 9.53. The molecule has 0 aliphatic rings. The average molecular weight is 231 g/mol. The molecular weight excluding hydrogens is 218 g/mol. The summed E-state index contributed by atoms with van der Waals surface area (Å²) in [7, 11) is 0. The third-order valence-electron chi connectivity index (χ3n) is 2.50. The first-order valence-electron chi connectivity index (χ1n) is 5.20. The van der Waals surface area contributed by atoms with Crippen LogP contribution in [0.2, 0.25) is 0 Å². The van der Waals surface area contributed by atoms with E-state index in [1.165, 1.54) is 6.07 Å². The summed E-state index contributed by atoms with van der Waals surface area (Å²) in [5.74, 6) is 0.658. The van der Waals surface area contributed by atoms with E-state index in [0.29, 0.717) is 29.0 Å². The molecule has 0 radical (unpaired) electrons. The highest BCUT2D eigenvalue weighted by Crippen LogP contribution is 2.29. The fourth-order valence-electron chi connectivity index (χ4n) is 1.67. The summed E-state index contributed by atoms with van der Waals surface area (Å²) in [5, 5.41) is 0.716.